The van der Waals surface area contributed by atoms with Gasteiger partial charge in [-0.1, -0.05) is 0 Å². The van der Waals surface area contributed by atoms with Crippen molar-refractivity contribution in [2.75, 3.05) is 31.2 Å². The number of aliphatic hydroxyl groups excluding tert-OH is 1. The summed E-state index contributed by atoms with van der Waals surface area (Å²) in [4.78, 5) is 14.1. The summed E-state index contributed by atoms with van der Waals surface area (Å²) < 4.78 is 18.9. The van der Waals surface area contributed by atoms with Gasteiger partial charge < -0.3 is 19.7 Å². The molecule has 1 aliphatic heterocycles. The molecule has 0 aliphatic carbocycles. The van der Waals surface area contributed by atoms with Crippen LogP contribution in [0, 0.1) is 5.82 Å². The molecule has 6 nitrogen and oxygen atoms in total. The van der Waals surface area contributed by atoms with E-state index in [1.807, 2.05) is 6.20 Å². The number of nitrogens with zero attached hydrogens (tertiary/aromatic N) is 3. The molecule has 7 heteroatoms. The van der Waals surface area contributed by atoms with Crippen molar-refractivity contribution in [2.24, 2.45) is 0 Å². The number of hydrogen-bond acceptors (Lipinski definition) is 5. The van der Waals surface area contributed by atoms with Crippen LogP contribution in [-0.2, 0) is 0 Å². The Morgan fingerprint density at radius 2 is 2.12 bits per heavy atom. The molecule has 4 rings (SSSR count). The van der Waals surface area contributed by atoms with Crippen LogP contribution in [0.15, 0.2) is 36.8 Å². The molecule has 0 atom stereocenters. The summed E-state index contributed by atoms with van der Waals surface area (Å²) in [7, 11) is 0. The Morgan fingerprint density at radius 1 is 1.27 bits per heavy atom. The first kappa shape index (κ1) is 16.8. The maximum Gasteiger partial charge on any atom is 0.234 e. The Labute approximate surface area is 150 Å². The lowest BCUT2D eigenvalue weighted by Gasteiger charge is -2.32. The van der Waals surface area contributed by atoms with Crippen molar-refractivity contribution in [2.45, 2.75) is 18.8 Å². The molecule has 1 saturated heterocycles. The minimum Gasteiger partial charge on any atom is -0.474 e. The summed E-state index contributed by atoms with van der Waals surface area (Å²) in [5.74, 6) is 1.39. The van der Waals surface area contributed by atoms with Gasteiger partial charge in [-0.25, -0.2) is 4.39 Å². The number of H-pyrrole nitrogens is 1. The van der Waals surface area contributed by atoms with Crippen molar-refractivity contribution >= 4 is 16.7 Å². The molecule has 3 heterocycles. The summed E-state index contributed by atoms with van der Waals surface area (Å²) in [6.45, 7) is 1.86. The highest BCUT2D eigenvalue weighted by Gasteiger charge is 2.24. The Morgan fingerprint density at radius 3 is 2.92 bits per heavy atom. The number of anilines is 1. The first-order valence-corrected chi connectivity index (χ1v) is 8.82. The van der Waals surface area contributed by atoms with Gasteiger partial charge in [0.2, 0.25) is 5.88 Å². The molecular formula is C19H21FN4O2. The second kappa shape index (κ2) is 7.29. The lowest BCUT2D eigenvalue weighted by Crippen LogP contribution is -2.33. The van der Waals surface area contributed by atoms with E-state index in [1.54, 1.807) is 24.5 Å². The average molecular weight is 356 g/mol. The van der Waals surface area contributed by atoms with Crippen LogP contribution in [-0.4, -0.2) is 46.4 Å². The molecule has 1 fully saturated rings. The van der Waals surface area contributed by atoms with Crippen LogP contribution < -0.4 is 9.64 Å². The van der Waals surface area contributed by atoms with Crippen molar-refractivity contribution < 1.29 is 14.2 Å². The van der Waals surface area contributed by atoms with E-state index in [1.165, 1.54) is 11.6 Å². The van der Waals surface area contributed by atoms with Gasteiger partial charge in [-0.05, 0) is 42.5 Å². The Hall–Kier alpha value is -2.67. The molecule has 1 aliphatic rings. The van der Waals surface area contributed by atoms with Gasteiger partial charge in [0.05, 0.1) is 19.0 Å². The molecule has 1 aromatic carbocycles. The van der Waals surface area contributed by atoms with Crippen molar-refractivity contribution in [1.29, 1.82) is 0 Å². The summed E-state index contributed by atoms with van der Waals surface area (Å²) in [5.41, 5.74) is 2.16. The summed E-state index contributed by atoms with van der Waals surface area (Å²) in [6, 6.07) is 4.88. The number of nitrogens with one attached hydrogen (secondary N) is 1. The quantitative estimate of drug-likeness (QED) is 0.735. The standard InChI is InChI=1S/C19H21FN4O2/c20-14-1-2-17-15(9-14)16(10-22-17)13-3-5-24(6-4-13)18-11-21-12-19(23-18)26-8-7-25/h1-2,9-13,22,25H,3-8H2. The van der Waals surface area contributed by atoms with Crippen molar-refractivity contribution in [3.63, 3.8) is 0 Å². The molecule has 0 radical (unpaired) electrons. The molecular weight excluding hydrogens is 335 g/mol. The monoisotopic (exact) mass is 356 g/mol. The lowest BCUT2D eigenvalue weighted by atomic mass is 9.89. The molecule has 0 spiro atoms. The maximum atomic E-state index is 13.6. The highest BCUT2D eigenvalue weighted by atomic mass is 19.1. The maximum absolute atomic E-state index is 13.6. The number of benzene rings is 1. The molecule has 26 heavy (non-hydrogen) atoms. The number of ether oxygens (including phenoxy) is 1. The third-order valence-corrected chi connectivity index (χ3v) is 4.88. The van der Waals surface area contributed by atoms with Crippen LogP contribution in [0.2, 0.25) is 0 Å². The van der Waals surface area contributed by atoms with E-state index in [0.29, 0.717) is 11.8 Å². The zero-order valence-corrected chi connectivity index (χ0v) is 14.4. The van der Waals surface area contributed by atoms with Crippen LogP contribution in [0.5, 0.6) is 5.88 Å². The van der Waals surface area contributed by atoms with Gasteiger partial charge in [-0.2, -0.15) is 4.98 Å². The van der Waals surface area contributed by atoms with Crippen LogP contribution >= 0.6 is 0 Å². The fraction of sp³-hybridized carbons (Fsp3) is 0.368. The zero-order valence-electron chi connectivity index (χ0n) is 14.4. The van der Waals surface area contributed by atoms with E-state index in [-0.39, 0.29) is 19.0 Å². The van der Waals surface area contributed by atoms with Gasteiger partial charge in [0.1, 0.15) is 12.4 Å². The average Bonchev–Trinajstić information content (AvgIpc) is 3.10. The van der Waals surface area contributed by atoms with E-state index >= 15 is 0 Å². The number of aromatic amines is 1. The summed E-state index contributed by atoms with van der Waals surface area (Å²) in [6.07, 6.45) is 7.22. The fourth-order valence-corrected chi connectivity index (χ4v) is 3.58. The van der Waals surface area contributed by atoms with Crippen LogP contribution in [0.1, 0.15) is 24.3 Å². The highest BCUT2D eigenvalue weighted by Crippen LogP contribution is 2.34. The molecule has 2 aromatic heterocycles. The van der Waals surface area contributed by atoms with E-state index in [2.05, 4.69) is 19.9 Å². The number of fused-ring (bicyclic) bond motifs is 1. The number of hydrogen-bond donors (Lipinski definition) is 2. The molecule has 0 bridgehead atoms. The largest absolute Gasteiger partial charge is 0.474 e. The molecule has 136 valence electrons. The summed E-state index contributed by atoms with van der Waals surface area (Å²) >= 11 is 0. The predicted molar refractivity (Wildman–Crippen MR) is 97.1 cm³/mol. The smallest absolute Gasteiger partial charge is 0.234 e. The fourth-order valence-electron chi connectivity index (χ4n) is 3.58. The van der Waals surface area contributed by atoms with Gasteiger partial charge in [0.15, 0.2) is 5.82 Å². The molecule has 0 unspecified atom stereocenters. The van der Waals surface area contributed by atoms with Gasteiger partial charge in [0, 0.05) is 30.2 Å². The molecule has 0 amide bonds. The van der Waals surface area contributed by atoms with Crippen molar-refractivity contribution in [3.8, 4) is 5.88 Å². The Balaban J connectivity index is 1.46. The van der Waals surface area contributed by atoms with E-state index in [0.717, 1.165) is 42.7 Å². The Bertz CT molecular complexity index is 890. The van der Waals surface area contributed by atoms with Gasteiger partial charge in [-0.3, -0.25) is 4.98 Å². The number of aromatic nitrogens is 3. The number of halogens is 1. The van der Waals surface area contributed by atoms with Crippen molar-refractivity contribution in [1.82, 2.24) is 15.0 Å². The molecule has 0 saturated carbocycles. The second-order valence-electron chi connectivity index (χ2n) is 6.48. The second-order valence-corrected chi connectivity index (χ2v) is 6.48. The topological polar surface area (TPSA) is 74.3 Å². The minimum atomic E-state index is -0.203. The van der Waals surface area contributed by atoms with Crippen molar-refractivity contribution in [3.05, 3.63) is 48.2 Å². The first-order chi connectivity index (χ1) is 12.7. The third-order valence-electron chi connectivity index (χ3n) is 4.88. The van der Waals surface area contributed by atoms with E-state index in [4.69, 9.17) is 9.84 Å². The van der Waals surface area contributed by atoms with Gasteiger partial charge in [-0.15, -0.1) is 0 Å². The van der Waals surface area contributed by atoms with Crippen LogP contribution in [0.25, 0.3) is 10.9 Å². The molecule has 3 aromatic rings. The summed E-state index contributed by atoms with van der Waals surface area (Å²) in [5, 5.41) is 9.82. The first-order valence-electron chi connectivity index (χ1n) is 8.82. The lowest BCUT2D eigenvalue weighted by molar-refractivity contribution is 0.196. The normalized spacial score (nSPS) is 15.5. The third kappa shape index (κ3) is 3.35. The minimum absolute atomic E-state index is 0.0531. The van der Waals surface area contributed by atoms with Gasteiger partial charge in [0.25, 0.3) is 0 Å². The molecule has 2 N–H and O–H groups in total. The predicted octanol–water partition coefficient (Wildman–Crippen LogP) is 2.85. The van der Waals surface area contributed by atoms with E-state index in [9.17, 15) is 4.39 Å². The highest BCUT2D eigenvalue weighted by molar-refractivity contribution is 5.83. The number of piperidine rings is 1. The van der Waals surface area contributed by atoms with Gasteiger partial charge >= 0.3 is 0 Å². The number of rotatable bonds is 5. The Kier molecular flexibility index (Phi) is 4.71. The van der Waals surface area contributed by atoms with E-state index < -0.39 is 0 Å². The SMILES string of the molecule is OCCOc1cncc(N2CCC(c3c[nH]c4ccc(F)cc34)CC2)n1. The van der Waals surface area contributed by atoms with Crippen LogP contribution in [0.3, 0.4) is 0 Å². The van der Waals surface area contributed by atoms with Crippen LogP contribution in [0.4, 0.5) is 10.2 Å². The zero-order chi connectivity index (χ0) is 17.9. The number of aliphatic hydroxyl groups is 1.